The molecule has 2 aromatic rings. The molecule has 0 saturated carbocycles. The highest BCUT2D eigenvalue weighted by Crippen LogP contribution is 2.23. The number of aryl methyl sites for hydroxylation is 2. The Morgan fingerprint density at radius 1 is 1.35 bits per heavy atom. The number of amides is 1. The van der Waals surface area contributed by atoms with Gasteiger partial charge >= 0.3 is 0 Å². The van der Waals surface area contributed by atoms with Gasteiger partial charge in [-0.05, 0) is 38.0 Å². The SMILES string of the molecule is CCCNC(=O)c1cc(-c2nnc(C)[nH]2)c(F)cc1C. The minimum Gasteiger partial charge on any atom is -0.352 e. The molecular weight excluding hydrogens is 259 g/mol. The van der Waals surface area contributed by atoms with E-state index in [4.69, 9.17) is 0 Å². The third-order valence-corrected chi connectivity index (χ3v) is 2.95. The van der Waals surface area contributed by atoms with Crippen LogP contribution >= 0.6 is 0 Å². The molecule has 0 saturated heterocycles. The van der Waals surface area contributed by atoms with E-state index in [1.165, 1.54) is 12.1 Å². The minimum absolute atomic E-state index is 0.207. The first-order valence-corrected chi connectivity index (χ1v) is 6.51. The second-order valence-electron chi connectivity index (χ2n) is 4.66. The second kappa shape index (κ2) is 5.81. The van der Waals surface area contributed by atoms with Crippen molar-refractivity contribution in [3.05, 3.63) is 34.9 Å². The first-order valence-electron chi connectivity index (χ1n) is 6.51. The van der Waals surface area contributed by atoms with E-state index in [0.29, 0.717) is 29.3 Å². The summed E-state index contributed by atoms with van der Waals surface area (Å²) in [5.74, 6) is 0.286. The van der Waals surface area contributed by atoms with Crippen LogP contribution < -0.4 is 5.32 Å². The minimum atomic E-state index is -0.425. The smallest absolute Gasteiger partial charge is 0.251 e. The molecule has 2 N–H and O–H groups in total. The molecule has 6 heteroatoms. The highest BCUT2D eigenvalue weighted by atomic mass is 19.1. The maximum absolute atomic E-state index is 14.0. The van der Waals surface area contributed by atoms with E-state index in [1.54, 1.807) is 13.8 Å². The number of carbonyl (C=O) groups is 1. The van der Waals surface area contributed by atoms with Crippen LogP contribution in [0.4, 0.5) is 4.39 Å². The summed E-state index contributed by atoms with van der Waals surface area (Å²) in [6.45, 7) is 6.00. The number of nitrogens with zero attached hydrogens (tertiary/aromatic N) is 2. The first-order chi connectivity index (χ1) is 9.52. The Morgan fingerprint density at radius 3 is 2.70 bits per heavy atom. The highest BCUT2D eigenvalue weighted by Gasteiger charge is 2.16. The van der Waals surface area contributed by atoms with Crippen LogP contribution in [0.25, 0.3) is 11.4 Å². The summed E-state index contributed by atoms with van der Waals surface area (Å²) in [7, 11) is 0. The van der Waals surface area contributed by atoms with Crippen molar-refractivity contribution in [2.24, 2.45) is 0 Å². The molecule has 1 aromatic carbocycles. The van der Waals surface area contributed by atoms with Gasteiger partial charge in [-0.2, -0.15) is 0 Å². The molecule has 0 aliphatic heterocycles. The predicted molar refractivity (Wildman–Crippen MR) is 73.9 cm³/mol. The molecule has 0 radical (unpaired) electrons. The lowest BCUT2D eigenvalue weighted by Crippen LogP contribution is -2.25. The molecule has 20 heavy (non-hydrogen) atoms. The summed E-state index contributed by atoms with van der Waals surface area (Å²) in [6, 6.07) is 2.85. The summed E-state index contributed by atoms with van der Waals surface area (Å²) in [4.78, 5) is 14.9. The second-order valence-corrected chi connectivity index (χ2v) is 4.66. The van der Waals surface area contributed by atoms with Crippen molar-refractivity contribution in [1.29, 1.82) is 0 Å². The Balaban J connectivity index is 2.42. The molecule has 1 aromatic heterocycles. The van der Waals surface area contributed by atoms with Crippen LogP contribution in [-0.4, -0.2) is 27.6 Å². The lowest BCUT2D eigenvalue weighted by molar-refractivity contribution is 0.0953. The topological polar surface area (TPSA) is 70.7 Å². The van der Waals surface area contributed by atoms with E-state index < -0.39 is 5.82 Å². The van der Waals surface area contributed by atoms with Crippen molar-refractivity contribution in [1.82, 2.24) is 20.5 Å². The molecule has 2 rings (SSSR count). The van der Waals surface area contributed by atoms with Gasteiger partial charge in [0.1, 0.15) is 11.6 Å². The molecule has 0 bridgehead atoms. The van der Waals surface area contributed by atoms with Crippen molar-refractivity contribution in [3.8, 4) is 11.4 Å². The van der Waals surface area contributed by atoms with E-state index in [2.05, 4.69) is 20.5 Å². The number of H-pyrrole nitrogens is 1. The fourth-order valence-electron chi connectivity index (χ4n) is 1.90. The van der Waals surface area contributed by atoms with E-state index >= 15 is 0 Å². The van der Waals surface area contributed by atoms with Gasteiger partial charge in [-0.25, -0.2) is 4.39 Å². The molecule has 5 nitrogen and oxygen atoms in total. The Hall–Kier alpha value is -2.24. The first kappa shape index (κ1) is 14.2. The predicted octanol–water partition coefficient (Wildman–Crippen LogP) is 2.37. The largest absolute Gasteiger partial charge is 0.352 e. The molecule has 0 aliphatic carbocycles. The fourth-order valence-corrected chi connectivity index (χ4v) is 1.90. The number of hydrogen-bond acceptors (Lipinski definition) is 3. The maximum Gasteiger partial charge on any atom is 0.251 e. The number of nitrogens with one attached hydrogen (secondary N) is 2. The average Bonchev–Trinajstić information content (AvgIpc) is 2.82. The molecule has 106 valence electrons. The quantitative estimate of drug-likeness (QED) is 0.900. The van der Waals surface area contributed by atoms with Gasteiger partial charge in [-0.3, -0.25) is 4.79 Å². The van der Waals surface area contributed by atoms with Gasteiger partial charge in [0.15, 0.2) is 5.82 Å². The van der Waals surface area contributed by atoms with E-state index in [9.17, 15) is 9.18 Å². The number of hydrogen-bond donors (Lipinski definition) is 2. The van der Waals surface area contributed by atoms with Crippen LogP contribution in [0.3, 0.4) is 0 Å². The van der Waals surface area contributed by atoms with Gasteiger partial charge < -0.3 is 10.3 Å². The Bertz CT molecular complexity index is 636. The summed E-state index contributed by atoms with van der Waals surface area (Å²) >= 11 is 0. The van der Waals surface area contributed by atoms with Gasteiger partial charge in [0.05, 0.1) is 5.56 Å². The van der Waals surface area contributed by atoms with Crippen molar-refractivity contribution >= 4 is 5.91 Å². The zero-order chi connectivity index (χ0) is 14.7. The summed E-state index contributed by atoms with van der Waals surface area (Å²) in [5.41, 5.74) is 1.29. The molecule has 0 fully saturated rings. The Labute approximate surface area is 116 Å². The number of rotatable bonds is 4. The standard InChI is InChI=1S/C14H17FN4O/c1-4-5-16-14(20)10-7-11(12(15)6-8(10)2)13-17-9(3)18-19-13/h6-7H,4-5H2,1-3H3,(H,16,20)(H,17,18,19). The van der Waals surface area contributed by atoms with Gasteiger partial charge in [-0.1, -0.05) is 6.92 Å². The average molecular weight is 276 g/mol. The number of halogens is 1. The van der Waals surface area contributed by atoms with Crippen molar-refractivity contribution in [2.75, 3.05) is 6.54 Å². The van der Waals surface area contributed by atoms with E-state index in [1.807, 2.05) is 6.92 Å². The third kappa shape index (κ3) is 2.84. The van der Waals surface area contributed by atoms with Gasteiger partial charge in [-0.15, -0.1) is 10.2 Å². The number of aromatic nitrogens is 3. The fraction of sp³-hybridized carbons (Fsp3) is 0.357. The summed E-state index contributed by atoms with van der Waals surface area (Å²) in [5, 5.41) is 10.5. The Kier molecular flexibility index (Phi) is 4.12. The zero-order valence-corrected chi connectivity index (χ0v) is 11.7. The van der Waals surface area contributed by atoms with E-state index in [0.717, 1.165) is 6.42 Å². The highest BCUT2D eigenvalue weighted by molar-refractivity contribution is 5.96. The summed E-state index contributed by atoms with van der Waals surface area (Å²) in [6.07, 6.45) is 0.847. The molecule has 0 unspecified atom stereocenters. The van der Waals surface area contributed by atoms with Crippen LogP contribution in [0.15, 0.2) is 12.1 Å². The molecule has 1 amide bonds. The molecule has 0 spiro atoms. The lowest BCUT2D eigenvalue weighted by Gasteiger charge is -2.09. The summed E-state index contributed by atoms with van der Waals surface area (Å²) < 4.78 is 14.0. The molecular formula is C14H17FN4O. The normalized spacial score (nSPS) is 10.6. The van der Waals surface area contributed by atoms with Gasteiger partial charge in [0.2, 0.25) is 0 Å². The van der Waals surface area contributed by atoms with Crippen LogP contribution in [-0.2, 0) is 0 Å². The number of aromatic amines is 1. The van der Waals surface area contributed by atoms with Crippen molar-refractivity contribution < 1.29 is 9.18 Å². The lowest BCUT2D eigenvalue weighted by atomic mass is 10.0. The third-order valence-electron chi connectivity index (χ3n) is 2.95. The van der Waals surface area contributed by atoms with Crippen LogP contribution in [0, 0.1) is 19.7 Å². The van der Waals surface area contributed by atoms with Crippen LogP contribution in [0.5, 0.6) is 0 Å². The Morgan fingerprint density at radius 2 is 2.10 bits per heavy atom. The van der Waals surface area contributed by atoms with Gasteiger partial charge in [0, 0.05) is 12.1 Å². The number of benzene rings is 1. The van der Waals surface area contributed by atoms with E-state index in [-0.39, 0.29) is 11.5 Å². The zero-order valence-electron chi connectivity index (χ0n) is 11.7. The van der Waals surface area contributed by atoms with Crippen molar-refractivity contribution in [3.63, 3.8) is 0 Å². The van der Waals surface area contributed by atoms with Crippen LogP contribution in [0.1, 0.15) is 35.1 Å². The molecule has 1 heterocycles. The van der Waals surface area contributed by atoms with Crippen LogP contribution in [0.2, 0.25) is 0 Å². The number of carbonyl (C=O) groups excluding carboxylic acids is 1. The molecule has 0 atom stereocenters. The van der Waals surface area contributed by atoms with Crippen molar-refractivity contribution in [2.45, 2.75) is 27.2 Å². The van der Waals surface area contributed by atoms with Gasteiger partial charge in [0.25, 0.3) is 5.91 Å². The maximum atomic E-state index is 14.0. The monoisotopic (exact) mass is 276 g/mol. The molecule has 0 aliphatic rings.